The monoisotopic (exact) mass is 400 g/mol. The molecule has 0 bridgehead atoms. The highest BCUT2D eigenvalue weighted by Crippen LogP contribution is 2.48. The fraction of sp³-hybridized carbons (Fsp3) is 0.533. The predicted octanol–water partition coefficient (Wildman–Crippen LogP) is 8.96. The molecular weight excluding hydrogens is 360 g/mol. The van der Waals surface area contributed by atoms with Crippen LogP contribution in [0.1, 0.15) is 88.7 Å². The van der Waals surface area contributed by atoms with Gasteiger partial charge in [0.1, 0.15) is 0 Å². The number of hydrogen-bond acceptors (Lipinski definition) is 0. The molecule has 4 atom stereocenters. The molecule has 0 aromatic heterocycles. The SMILES string of the molecule is C/C=C/CCc1ccc(-c2ccc(C3CCC4CC(CCC)CCC4C3)cc2)cc1. The Morgan fingerprint density at radius 1 is 0.800 bits per heavy atom. The zero-order valence-corrected chi connectivity index (χ0v) is 19.2. The van der Waals surface area contributed by atoms with Crippen LogP contribution in [-0.4, -0.2) is 0 Å². The Labute approximate surface area is 184 Å². The summed E-state index contributed by atoms with van der Waals surface area (Å²) in [5.41, 5.74) is 5.71. The van der Waals surface area contributed by atoms with Crippen molar-refractivity contribution in [2.24, 2.45) is 17.8 Å². The normalized spacial score (nSPS) is 26.6. The Kier molecular flexibility index (Phi) is 7.47. The molecule has 0 aliphatic heterocycles. The molecule has 0 amide bonds. The van der Waals surface area contributed by atoms with Crippen molar-refractivity contribution in [2.75, 3.05) is 0 Å². The third-order valence-electron chi connectivity index (χ3n) is 7.92. The second-order valence-corrected chi connectivity index (χ2v) is 9.92. The number of rotatable bonds is 7. The smallest absolute Gasteiger partial charge is 0.0159 e. The lowest BCUT2D eigenvalue weighted by molar-refractivity contribution is 0.114. The molecule has 2 aromatic rings. The van der Waals surface area contributed by atoms with Crippen LogP contribution in [0.4, 0.5) is 0 Å². The van der Waals surface area contributed by atoms with E-state index in [-0.39, 0.29) is 0 Å². The van der Waals surface area contributed by atoms with Gasteiger partial charge in [0.25, 0.3) is 0 Å². The molecule has 4 rings (SSSR count). The summed E-state index contributed by atoms with van der Waals surface area (Å²) >= 11 is 0. The van der Waals surface area contributed by atoms with Crippen LogP contribution in [0.15, 0.2) is 60.7 Å². The minimum atomic E-state index is 0.789. The highest BCUT2D eigenvalue weighted by molar-refractivity contribution is 5.64. The molecule has 4 unspecified atom stereocenters. The Bertz CT molecular complexity index is 795. The van der Waals surface area contributed by atoms with Crippen LogP contribution in [0.2, 0.25) is 0 Å². The lowest BCUT2D eigenvalue weighted by Gasteiger charge is -2.42. The molecule has 30 heavy (non-hydrogen) atoms. The van der Waals surface area contributed by atoms with E-state index in [4.69, 9.17) is 0 Å². The Morgan fingerprint density at radius 2 is 1.47 bits per heavy atom. The lowest BCUT2D eigenvalue weighted by atomic mass is 9.63. The van der Waals surface area contributed by atoms with Crippen LogP contribution in [0.25, 0.3) is 11.1 Å². The molecule has 0 spiro atoms. The Morgan fingerprint density at radius 3 is 2.17 bits per heavy atom. The summed E-state index contributed by atoms with van der Waals surface area (Å²) in [6.45, 7) is 4.45. The van der Waals surface area contributed by atoms with Gasteiger partial charge in [-0.1, -0.05) is 86.9 Å². The van der Waals surface area contributed by atoms with E-state index in [1.165, 1.54) is 68.1 Å². The highest BCUT2D eigenvalue weighted by Gasteiger charge is 2.35. The average Bonchev–Trinajstić information content (AvgIpc) is 2.80. The molecule has 160 valence electrons. The first-order chi connectivity index (χ1) is 14.8. The average molecular weight is 401 g/mol. The molecule has 0 N–H and O–H groups in total. The summed E-state index contributed by atoms with van der Waals surface area (Å²) in [6.07, 6.45) is 18.3. The first-order valence-corrected chi connectivity index (χ1v) is 12.6. The van der Waals surface area contributed by atoms with Crippen molar-refractivity contribution in [3.8, 4) is 11.1 Å². The maximum atomic E-state index is 2.42. The molecular formula is C30H40. The van der Waals surface area contributed by atoms with Gasteiger partial charge in [0.2, 0.25) is 0 Å². The van der Waals surface area contributed by atoms with Crippen molar-refractivity contribution < 1.29 is 0 Å². The van der Waals surface area contributed by atoms with Gasteiger partial charge in [0.05, 0.1) is 0 Å². The van der Waals surface area contributed by atoms with E-state index < -0.39 is 0 Å². The lowest BCUT2D eigenvalue weighted by Crippen LogP contribution is -2.30. The third-order valence-corrected chi connectivity index (χ3v) is 7.92. The second kappa shape index (κ2) is 10.5. The van der Waals surface area contributed by atoms with Crippen molar-refractivity contribution >= 4 is 0 Å². The van der Waals surface area contributed by atoms with Crippen LogP contribution >= 0.6 is 0 Å². The standard InChI is InChI=1S/C30H40/c1-3-5-6-8-23-9-12-25(13-10-23)26-15-17-27(18-16-26)29-20-19-28-21-24(7-4-2)11-14-30(28)22-29/h3,5,9-10,12-13,15-18,24,28-30H,4,6-8,11,14,19-22H2,1-2H3/b5-3+. The number of benzene rings is 2. The number of aryl methyl sites for hydroxylation is 1. The first kappa shape index (κ1) is 21.4. The molecule has 0 nitrogen and oxygen atoms in total. The summed E-state index contributed by atoms with van der Waals surface area (Å²) in [5.74, 6) is 3.84. The van der Waals surface area contributed by atoms with Gasteiger partial charge in [0, 0.05) is 0 Å². The molecule has 0 radical (unpaired) electrons. The molecule has 2 aromatic carbocycles. The van der Waals surface area contributed by atoms with Gasteiger partial charge in [0.15, 0.2) is 0 Å². The van der Waals surface area contributed by atoms with Gasteiger partial charge in [-0.25, -0.2) is 0 Å². The summed E-state index contributed by atoms with van der Waals surface area (Å²) in [7, 11) is 0. The van der Waals surface area contributed by atoms with Crippen molar-refractivity contribution in [3.63, 3.8) is 0 Å². The maximum absolute atomic E-state index is 2.42. The van der Waals surface area contributed by atoms with Crippen LogP contribution < -0.4 is 0 Å². The van der Waals surface area contributed by atoms with Crippen molar-refractivity contribution in [1.82, 2.24) is 0 Å². The van der Waals surface area contributed by atoms with Crippen LogP contribution in [0.3, 0.4) is 0 Å². The fourth-order valence-corrected chi connectivity index (χ4v) is 6.19. The van der Waals surface area contributed by atoms with Crippen LogP contribution in [-0.2, 0) is 6.42 Å². The molecule has 0 heterocycles. The summed E-state index contributed by atoms with van der Waals surface area (Å²) in [4.78, 5) is 0. The van der Waals surface area contributed by atoms with Crippen molar-refractivity contribution in [2.45, 2.75) is 84.0 Å². The molecule has 2 fully saturated rings. The first-order valence-electron chi connectivity index (χ1n) is 12.6. The minimum absolute atomic E-state index is 0.789. The zero-order valence-electron chi connectivity index (χ0n) is 19.2. The number of fused-ring (bicyclic) bond motifs is 1. The van der Waals surface area contributed by atoms with E-state index in [1.54, 1.807) is 5.56 Å². The molecule has 2 aliphatic rings. The number of allylic oxidation sites excluding steroid dienone is 2. The zero-order chi connectivity index (χ0) is 20.8. The molecule has 2 saturated carbocycles. The molecule has 0 saturated heterocycles. The third kappa shape index (κ3) is 5.26. The van der Waals surface area contributed by atoms with E-state index in [0.29, 0.717) is 0 Å². The maximum Gasteiger partial charge on any atom is -0.0159 e. The van der Waals surface area contributed by atoms with E-state index in [9.17, 15) is 0 Å². The Balaban J connectivity index is 1.35. The second-order valence-electron chi connectivity index (χ2n) is 9.92. The van der Waals surface area contributed by atoms with Crippen molar-refractivity contribution in [3.05, 3.63) is 71.8 Å². The van der Waals surface area contributed by atoms with Gasteiger partial charge >= 0.3 is 0 Å². The van der Waals surface area contributed by atoms with E-state index in [2.05, 4.69) is 74.5 Å². The molecule has 0 heteroatoms. The van der Waals surface area contributed by atoms with E-state index in [1.807, 2.05) is 0 Å². The predicted molar refractivity (Wildman–Crippen MR) is 131 cm³/mol. The Hall–Kier alpha value is -1.82. The fourth-order valence-electron chi connectivity index (χ4n) is 6.19. The topological polar surface area (TPSA) is 0 Å². The van der Waals surface area contributed by atoms with Crippen LogP contribution in [0, 0.1) is 17.8 Å². The number of hydrogen-bond donors (Lipinski definition) is 0. The van der Waals surface area contributed by atoms with Crippen LogP contribution in [0.5, 0.6) is 0 Å². The summed E-state index contributed by atoms with van der Waals surface area (Å²) < 4.78 is 0. The van der Waals surface area contributed by atoms with Gasteiger partial charge < -0.3 is 0 Å². The quantitative estimate of drug-likeness (QED) is 0.407. The van der Waals surface area contributed by atoms with Crippen molar-refractivity contribution in [1.29, 1.82) is 0 Å². The van der Waals surface area contributed by atoms with Gasteiger partial charge in [-0.2, -0.15) is 0 Å². The molecule has 2 aliphatic carbocycles. The van der Waals surface area contributed by atoms with E-state index >= 15 is 0 Å². The van der Waals surface area contributed by atoms with Gasteiger partial charge in [-0.05, 0) is 97.8 Å². The highest BCUT2D eigenvalue weighted by atomic mass is 14.4. The summed E-state index contributed by atoms with van der Waals surface area (Å²) in [6, 6.07) is 18.7. The minimum Gasteiger partial charge on any atom is -0.0917 e. The van der Waals surface area contributed by atoms with E-state index in [0.717, 1.165) is 36.5 Å². The summed E-state index contributed by atoms with van der Waals surface area (Å²) in [5, 5.41) is 0. The largest absolute Gasteiger partial charge is 0.0917 e. The van der Waals surface area contributed by atoms with Gasteiger partial charge in [-0.15, -0.1) is 0 Å². The van der Waals surface area contributed by atoms with Gasteiger partial charge in [-0.3, -0.25) is 0 Å².